The van der Waals surface area contributed by atoms with Crippen molar-refractivity contribution in [3.05, 3.63) is 23.6 Å². The highest BCUT2D eigenvalue weighted by atomic mass is 19.1. The van der Waals surface area contributed by atoms with Gasteiger partial charge in [-0.1, -0.05) is 0 Å². The van der Waals surface area contributed by atoms with Gasteiger partial charge >= 0.3 is 5.97 Å². The zero-order valence-corrected chi connectivity index (χ0v) is 8.41. The molecule has 0 N–H and O–H groups in total. The highest BCUT2D eigenvalue weighted by Gasteiger charge is 2.43. The third-order valence-electron chi connectivity index (χ3n) is 2.37. The zero-order chi connectivity index (χ0) is 11.1. The average molecular weight is 211 g/mol. The number of esters is 1. The van der Waals surface area contributed by atoms with Crippen LogP contribution in [-0.2, 0) is 16.0 Å². The number of rotatable bonds is 1. The van der Waals surface area contributed by atoms with E-state index in [0.717, 1.165) is 0 Å². The third-order valence-corrected chi connectivity index (χ3v) is 2.37. The first kappa shape index (κ1) is 9.89. The first-order valence-electron chi connectivity index (χ1n) is 4.48. The zero-order valence-electron chi connectivity index (χ0n) is 8.41. The second-order valence-corrected chi connectivity index (χ2v) is 3.60. The SMILES string of the molecule is COC(=O)C1(C)Cc2ccc(F)nc2O1. The van der Waals surface area contributed by atoms with Gasteiger partial charge in [-0.15, -0.1) is 0 Å². The van der Waals surface area contributed by atoms with Crippen molar-refractivity contribution in [3.63, 3.8) is 0 Å². The molecule has 1 aliphatic heterocycles. The molecule has 80 valence electrons. The summed E-state index contributed by atoms with van der Waals surface area (Å²) in [4.78, 5) is 15.0. The Morgan fingerprint density at radius 2 is 2.40 bits per heavy atom. The number of pyridine rings is 1. The molecule has 0 aliphatic carbocycles. The van der Waals surface area contributed by atoms with Crippen LogP contribution in [0.25, 0.3) is 0 Å². The van der Waals surface area contributed by atoms with Crippen LogP contribution in [0.3, 0.4) is 0 Å². The number of hydrogen-bond acceptors (Lipinski definition) is 4. The lowest BCUT2D eigenvalue weighted by molar-refractivity contribution is -0.156. The molecule has 1 aromatic heterocycles. The summed E-state index contributed by atoms with van der Waals surface area (Å²) in [6.45, 7) is 1.60. The Morgan fingerprint density at radius 3 is 3.07 bits per heavy atom. The van der Waals surface area contributed by atoms with Crippen molar-refractivity contribution in [1.29, 1.82) is 0 Å². The topological polar surface area (TPSA) is 48.4 Å². The molecule has 4 nitrogen and oxygen atoms in total. The molecular weight excluding hydrogens is 201 g/mol. The van der Waals surface area contributed by atoms with Gasteiger partial charge in [-0.2, -0.15) is 9.37 Å². The second-order valence-electron chi connectivity index (χ2n) is 3.60. The van der Waals surface area contributed by atoms with Crippen LogP contribution in [-0.4, -0.2) is 23.7 Å². The predicted octanol–water partition coefficient (Wildman–Crippen LogP) is 1.09. The molecule has 1 aromatic rings. The van der Waals surface area contributed by atoms with E-state index in [-0.39, 0.29) is 5.88 Å². The molecule has 0 aromatic carbocycles. The predicted molar refractivity (Wildman–Crippen MR) is 48.9 cm³/mol. The Kier molecular flexibility index (Phi) is 2.10. The molecule has 1 atom stereocenters. The second kappa shape index (κ2) is 3.18. The highest BCUT2D eigenvalue weighted by molar-refractivity contribution is 5.81. The molecule has 0 saturated heterocycles. The van der Waals surface area contributed by atoms with E-state index >= 15 is 0 Å². The maximum Gasteiger partial charge on any atom is 0.350 e. The van der Waals surface area contributed by atoms with Gasteiger partial charge in [-0.3, -0.25) is 0 Å². The molecule has 2 heterocycles. The van der Waals surface area contributed by atoms with Crippen molar-refractivity contribution in [2.24, 2.45) is 0 Å². The standard InChI is InChI=1S/C10H10FNO3/c1-10(9(13)14-2)5-6-3-4-7(11)12-8(6)15-10/h3-4H,5H2,1-2H3. The molecule has 0 amide bonds. The number of aromatic nitrogens is 1. The van der Waals surface area contributed by atoms with Crippen LogP contribution in [0.4, 0.5) is 4.39 Å². The van der Waals surface area contributed by atoms with Gasteiger partial charge in [0.15, 0.2) is 0 Å². The molecule has 1 unspecified atom stereocenters. The summed E-state index contributed by atoms with van der Waals surface area (Å²) in [7, 11) is 1.29. The van der Waals surface area contributed by atoms with Gasteiger partial charge in [-0.25, -0.2) is 4.79 Å². The average Bonchev–Trinajstić information content (AvgIpc) is 2.53. The fourth-order valence-corrected chi connectivity index (χ4v) is 1.61. The summed E-state index contributed by atoms with van der Waals surface area (Å²) in [5, 5.41) is 0. The van der Waals surface area contributed by atoms with Gasteiger partial charge < -0.3 is 9.47 Å². The minimum Gasteiger partial charge on any atom is -0.466 e. The number of carbonyl (C=O) groups is 1. The summed E-state index contributed by atoms with van der Waals surface area (Å²) in [6, 6.07) is 2.80. The maximum absolute atomic E-state index is 12.8. The van der Waals surface area contributed by atoms with E-state index in [1.54, 1.807) is 13.0 Å². The van der Waals surface area contributed by atoms with Crippen molar-refractivity contribution >= 4 is 5.97 Å². The Balaban J connectivity index is 2.32. The minimum atomic E-state index is -1.09. The van der Waals surface area contributed by atoms with Gasteiger partial charge in [0, 0.05) is 12.0 Å². The lowest BCUT2D eigenvalue weighted by Crippen LogP contribution is -2.41. The number of nitrogens with zero attached hydrogens (tertiary/aromatic N) is 1. The maximum atomic E-state index is 12.8. The molecule has 1 aliphatic rings. The van der Waals surface area contributed by atoms with Crippen molar-refractivity contribution in [2.45, 2.75) is 18.9 Å². The van der Waals surface area contributed by atoms with Gasteiger partial charge in [0.2, 0.25) is 17.4 Å². The summed E-state index contributed by atoms with van der Waals surface area (Å²) in [5.41, 5.74) is -0.373. The fourth-order valence-electron chi connectivity index (χ4n) is 1.61. The molecule has 2 rings (SSSR count). The van der Waals surface area contributed by atoms with Crippen LogP contribution in [0.15, 0.2) is 12.1 Å². The van der Waals surface area contributed by atoms with E-state index in [2.05, 4.69) is 9.72 Å². The molecule has 0 spiro atoms. The number of carbonyl (C=O) groups excluding carboxylic acids is 1. The van der Waals surface area contributed by atoms with Crippen molar-refractivity contribution < 1.29 is 18.7 Å². The lowest BCUT2D eigenvalue weighted by atomic mass is 10.0. The smallest absolute Gasteiger partial charge is 0.350 e. The summed E-state index contributed by atoms with van der Waals surface area (Å²) >= 11 is 0. The molecule has 0 bridgehead atoms. The van der Waals surface area contributed by atoms with Gasteiger partial charge in [-0.05, 0) is 19.1 Å². The largest absolute Gasteiger partial charge is 0.466 e. The number of hydrogen-bond donors (Lipinski definition) is 0. The van der Waals surface area contributed by atoms with Crippen molar-refractivity contribution in [3.8, 4) is 5.88 Å². The van der Waals surface area contributed by atoms with E-state index in [1.165, 1.54) is 13.2 Å². The monoisotopic (exact) mass is 211 g/mol. The Labute approximate surface area is 86.0 Å². The summed E-state index contributed by atoms with van der Waals surface area (Å²) < 4.78 is 22.7. The first-order chi connectivity index (χ1) is 7.05. The van der Waals surface area contributed by atoms with Crippen molar-refractivity contribution in [1.82, 2.24) is 4.98 Å². The number of fused-ring (bicyclic) bond motifs is 1. The first-order valence-corrected chi connectivity index (χ1v) is 4.48. The van der Waals surface area contributed by atoms with E-state index in [1.807, 2.05) is 0 Å². The Hall–Kier alpha value is -1.65. The van der Waals surface area contributed by atoms with E-state index in [0.29, 0.717) is 12.0 Å². The Morgan fingerprint density at radius 1 is 1.67 bits per heavy atom. The van der Waals surface area contributed by atoms with Crippen LogP contribution in [0.1, 0.15) is 12.5 Å². The van der Waals surface area contributed by atoms with E-state index in [9.17, 15) is 9.18 Å². The van der Waals surface area contributed by atoms with Crippen LogP contribution in [0.5, 0.6) is 5.88 Å². The highest BCUT2D eigenvalue weighted by Crippen LogP contribution is 2.33. The van der Waals surface area contributed by atoms with Gasteiger partial charge in [0.25, 0.3) is 0 Å². The van der Waals surface area contributed by atoms with E-state index < -0.39 is 17.5 Å². The van der Waals surface area contributed by atoms with Crippen LogP contribution < -0.4 is 4.74 Å². The van der Waals surface area contributed by atoms with Gasteiger partial charge in [0.1, 0.15) is 0 Å². The molecule has 5 heteroatoms. The number of ether oxygens (including phenoxy) is 2. The van der Waals surface area contributed by atoms with Crippen LogP contribution in [0, 0.1) is 5.95 Å². The van der Waals surface area contributed by atoms with Crippen LogP contribution in [0.2, 0.25) is 0 Å². The Bertz CT molecular complexity index is 421. The number of methoxy groups -OCH3 is 1. The minimum absolute atomic E-state index is 0.169. The molecule has 15 heavy (non-hydrogen) atoms. The number of halogens is 1. The summed E-state index contributed by atoms with van der Waals surface area (Å²) in [5.74, 6) is -0.938. The van der Waals surface area contributed by atoms with Crippen molar-refractivity contribution in [2.75, 3.05) is 7.11 Å². The lowest BCUT2D eigenvalue weighted by Gasteiger charge is -2.19. The molecular formula is C10H10FNO3. The molecule has 0 fully saturated rings. The summed E-state index contributed by atoms with van der Waals surface area (Å²) in [6.07, 6.45) is 0.349. The van der Waals surface area contributed by atoms with E-state index in [4.69, 9.17) is 4.74 Å². The fraction of sp³-hybridized carbons (Fsp3) is 0.400. The quantitative estimate of drug-likeness (QED) is 0.515. The van der Waals surface area contributed by atoms with Crippen LogP contribution >= 0.6 is 0 Å². The molecule has 0 saturated carbocycles. The van der Waals surface area contributed by atoms with Gasteiger partial charge in [0.05, 0.1) is 7.11 Å². The normalized spacial score (nSPS) is 23.1. The molecule has 0 radical (unpaired) electrons. The third kappa shape index (κ3) is 1.54.